The molecule has 3 nitrogen and oxygen atoms in total. The summed E-state index contributed by atoms with van der Waals surface area (Å²) in [5.74, 6) is -4.08. The minimum atomic E-state index is -1.16. The lowest BCUT2D eigenvalue weighted by Crippen LogP contribution is -2.22. The first-order valence-corrected chi connectivity index (χ1v) is 4.88. The largest absolute Gasteiger partial charge is 0.295 e. The van der Waals surface area contributed by atoms with Crippen LogP contribution in [0.4, 0.5) is 8.78 Å². The maximum Gasteiger partial charge on any atom is 0.245 e. The molecule has 1 heterocycles. The van der Waals surface area contributed by atoms with Crippen molar-refractivity contribution in [1.29, 1.82) is 0 Å². The van der Waals surface area contributed by atoms with E-state index >= 15 is 0 Å². The Morgan fingerprint density at radius 3 is 2.38 bits per heavy atom. The Kier molecular flexibility index (Phi) is 2.63. The summed E-state index contributed by atoms with van der Waals surface area (Å²) in [4.78, 5) is 22.4. The van der Waals surface area contributed by atoms with Crippen molar-refractivity contribution in [3.63, 3.8) is 0 Å². The van der Waals surface area contributed by atoms with E-state index in [0.29, 0.717) is 6.07 Å². The minimum Gasteiger partial charge on any atom is -0.295 e. The fraction of sp³-hybridized carbons (Fsp3) is 0.200. The zero-order valence-corrected chi connectivity index (χ0v) is 8.59. The van der Waals surface area contributed by atoms with Crippen LogP contribution in [0.3, 0.4) is 0 Å². The van der Waals surface area contributed by atoms with E-state index in [0.717, 1.165) is 12.1 Å². The van der Waals surface area contributed by atoms with Gasteiger partial charge in [0.25, 0.3) is 0 Å². The lowest BCUT2D eigenvalue weighted by Gasteiger charge is -2.10. The van der Waals surface area contributed by atoms with Crippen molar-refractivity contribution in [3.05, 3.63) is 35.4 Å². The highest BCUT2D eigenvalue weighted by Crippen LogP contribution is 2.30. The second-order valence-corrected chi connectivity index (χ2v) is 3.87. The average Bonchev–Trinajstić information content (AvgIpc) is 2.43. The van der Waals surface area contributed by atoms with E-state index in [-0.39, 0.29) is 5.56 Å². The van der Waals surface area contributed by atoms with Gasteiger partial charge in [0, 0.05) is 11.6 Å². The van der Waals surface area contributed by atoms with Gasteiger partial charge >= 0.3 is 0 Å². The number of rotatable bonds is 1. The molecule has 2 unspecified atom stereocenters. The van der Waals surface area contributed by atoms with Gasteiger partial charge in [-0.25, -0.2) is 8.78 Å². The van der Waals surface area contributed by atoms with Crippen LogP contribution in [-0.4, -0.2) is 17.2 Å². The molecule has 6 heteroatoms. The molecule has 0 aliphatic carbocycles. The summed E-state index contributed by atoms with van der Waals surface area (Å²) < 4.78 is 26.1. The zero-order valence-electron chi connectivity index (χ0n) is 7.84. The highest BCUT2D eigenvalue weighted by atomic mass is 35.5. The predicted octanol–water partition coefficient (Wildman–Crippen LogP) is 1.31. The van der Waals surface area contributed by atoms with Crippen molar-refractivity contribution in [2.24, 2.45) is 0 Å². The number of hydrogen-bond donors (Lipinski definition) is 1. The van der Waals surface area contributed by atoms with Gasteiger partial charge in [-0.1, -0.05) is 6.07 Å². The predicted molar refractivity (Wildman–Crippen MR) is 51.9 cm³/mol. The SMILES string of the molecule is O=C1NC(=O)C(c2ccc(F)cc2F)C1Cl. The molecular formula is C10H6ClF2NO2. The summed E-state index contributed by atoms with van der Waals surface area (Å²) in [6, 6.07) is 2.77. The van der Waals surface area contributed by atoms with Crippen molar-refractivity contribution in [3.8, 4) is 0 Å². The Morgan fingerprint density at radius 1 is 1.19 bits per heavy atom. The summed E-state index contributed by atoms with van der Waals surface area (Å²) in [6.07, 6.45) is 0. The van der Waals surface area contributed by atoms with Crippen molar-refractivity contribution < 1.29 is 18.4 Å². The Balaban J connectivity index is 2.44. The van der Waals surface area contributed by atoms with E-state index in [4.69, 9.17) is 11.6 Å². The number of carbonyl (C=O) groups is 2. The molecule has 1 N–H and O–H groups in total. The summed E-state index contributed by atoms with van der Waals surface area (Å²) in [7, 11) is 0. The molecule has 1 aliphatic rings. The number of amides is 2. The first kappa shape index (κ1) is 11.0. The van der Waals surface area contributed by atoms with Crippen molar-refractivity contribution in [2.45, 2.75) is 11.3 Å². The molecule has 1 aliphatic heterocycles. The average molecular weight is 246 g/mol. The number of carbonyl (C=O) groups excluding carboxylic acids is 2. The van der Waals surface area contributed by atoms with E-state index in [1.54, 1.807) is 0 Å². The van der Waals surface area contributed by atoms with Crippen molar-refractivity contribution >= 4 is 23.4 Å². The van der Waals surface area contributed by atoms with Gasteiger partial charge in [-0.05, 0) is 6.07 Å². The third kappa shape index (κ3) is 1.67. The van der Waals surface area contributed by atoms with Gasteiger partial charge in [-0.3, -0.25) is 14.9 Å². The van der Waals surface area contributed by atoms with Crippen LogP contribution < -0.4 is 5.32 Å². The molecule has 1 saturated heterocycles. The number of benzene rings is 1. The fourth-order valence-corrected chi connectivity index (χ4v) is 1.91. The molecule has 16 heavy (non-hydrogen) atoms. The maximum atomic E-state index is 13.4. The van der Waals surface area contributed by atoms with E-state index in [1.165, 1.54) is 0 Å². The lowest BCUT2D eigenvalue weighted by atomic mass is 9.96. The van der Waals surface area contributed by atoms with Crippen LogP contribution in [0.2, 0.25) is 0 Å². The van der Waals surface area contributed by atoms with Crippen molar-refractivity contribution in [1.82, 2.24) is 5.32 Å². The van der Waals surface area contributed by atoms with Gasteiger partial charge in [0.2, 0.25) is 11.8 Å². The molecule has 0 radical (unpaired) electrons. The van der Waals surface area contributed by atoms with Crippen LogP contribution in [0.1, 0.15) is 11.5 Å². The number of hydrogen-bond acceptors (Lipinski definition) is 2. The van der Waals surface area contributed by atoms with Gasteiger partial charge in [0.05, 0.1) is 5.92 Å². The third-order valence-electron chi connectivity index (χ3n) is 2.37. The molecule has 2 atom stereocenters. The molecule has 2 rings (SSSR count). The molecule has 84 valence electrons. The second kappa shape index (κ2) is 3.83. The molecule has 0 saturated carbocycles. The van der Waals surface area contributed by atoms with Gasteiger partial charge in [-0.15, -0.1) is 11.6 Å². The van der Waals surface area contributed by atoms with Gasteiger partial charge in [0.1, 0.15) is 17.0 Å². The topological polar surface area (TPSA) is 46.2 Å². The summed E-state index contributed by atoms with van der Waals surface area (Å²) in [6.45, 7) is 0. The normalized spacial score (nSPS) is 24.7. The van der Waals surface area contributed by atoms with E-state index < -0.39 is 34.7 Å². The second-order valence-electron chi connectivity index (χ2n) is 3.40. The van der Waals surface area contributed by atoms with Crippen molar-refractivity contribution in [2.75, 3.05) is 0 Å². The summed E-state index contributed by atoms with van der Waals surface area (Å²) in [5.41, 5.74) is -0.0789. The van der Waals surface area contributed by atoms with Crippen LogP contribution >= 0.6 is 11.6 Å². The van der Waals surface area contributed by atoms with E-state index in [1.807, 2.05) is 5.32 Å². The van der Waals surface area contributed by atoms with Crippen LogP contribution in [0.25, 0.3) is 0 Å². The van der Waals surface area contributed by atoms with Crippen LogP contribution in [-0.2, 0) is 9.59 Å². The van der Waals surface area contributed by atoms with Gasteiger partial charge in [-0.2, -0.15) is 0 Å². The standard InChI is InChI=1S/C10H6ClF2NO2/c11-8-7(9(15)14-10(8)16)5-2-1-4(12)3-6(5)13/h1-3,7-8H,(H,14,15,16). The van der Waals surface area contributed by atoms with E-state index in [9.17, 15) is 18.4 Å². The molecule has 2 amide bonds. The highest BCUT2D eigenvalue weighted by molar-refractivity contribution is 6.37. The molecule has 1 fully saturated rings. The zero-order chi connectivity index (χ0) is 11.9. The molecule has 0 spiro atoms. The molecule has 0 bridgehead atoms. The Hall–Kier alpha value is -1.49. The molecule has 1 aromatic carbocycles. The molecule has 1 aromatic rings. The number of halogens is 3. The van der Waals surface area contributed by atoms with Crippen LogP contribution in [0, 0.1) is 11.6 Å². The van der Waals surface area contributed by atoms with Crippen LogP contribution in [0.15, 0.2) is 18.2 Å². The number of imide groups is 1. The van der Waals surface area contributed by atoms with Gasteiger partial charge < -0.3 is 0 Å². The summed E-state index contributed by atoms with van der Waals surface area (Å²) in [5, 5.41) is 0.827. The smallest absolute Gasteiger partial charge is 0.245 e. The quantitative estimate of drug-likeness (QED) is 0.599. The van der Waals surface area contributed by atoms with E-state index in [2.05, 4.69) is 0 Å². The Labute approximate surface area is 94.4 Å². The van der Waals surface area contributed by atoms with Gasteiger partial charge in [0.15, 0.2) is 0 Å². The van der Waals surface area contributed by atoms with Crippen LogP contribution in [0.5, 0.6) is 0 Å². The fourth-order valence-electron chi connectivity index (χ4n) is 1.61. The first-order chi connectivity index (χ1) is 7.50. The molecule has 0 aromatic heterocycles. The maximum absolute atomic E-state index is 13.4. The Bertz CT molecular complexity index is 478. The minimum absolute atomic E-state index is 0.0789. The number of alkyl halides is 1. The lowest BCUT2D eigenvalue weighted by molar-refractivity contribution is -0.125. The third-order valence-corrected chi connectivity index (χ3v) is 2.82. The first-order valence-electron chi connectivity index (χ1n) is 4.44. The highest BCUT2D eigenvalue weighted by Gasteiger charge is 2.42. The summed E-state index contributed by atoms with van der Waals surface area (Å²) >= 11 is 5.68. The molecular weight excluding hydrogens is 240 g/mol. The number of nitrogens with one attached hydrogen (secondary N) is 1. The Morgan fingerprint density at radius 2 is 1.88 bits per heavy atom. The monoisotopic (exact) mass is 245 g/mol.